The number of carbonyl (C=O) groups is 1. The van der Waals surface area contributed by atoms with Crippen LogP contribution in [0.4, 0.5) is 0 Å². The van der Waals surface area contributed by atoms with E-state index in [0.717, 1.165) is 25.3 Å². The SMILES string of the molecule is CCn1cc(CN2CCc3c(C(=O)N[C@H](C)c4ccco4)c(OC)cc(=O)n3CC2)c(C)n1. The summed E-state index contributed by atoms with van der Waals surface area (Å²) in [4.78, 5) is 28.5. The second-order valence-electron chi connectivity index (χ2n) is 8.36. The van der Waals surface area contributed by atoms with Gasteiger partial charge in [-0.3, -0.25) is 19.2 Å². The summed E-state index contributed by atoms with van der Waals surface area (Å²) in [5, 5.41) is 7.52. The van der Waals surface area contributed by atoms with Crippen LogP contribution in [0, 0.1) is 6.92 Å². The minimum Gasteiger partial charge on any atom is -0.496 e. The van der Waals surface area contributed by atoms with Crippen LogP contribution in [-0.4, -0.2) is 45.4 Å². The minimum atomic E-state index is -0.315. The highest BCUT2D eigenvalue weighted by molar-refractivity contribution is 5.98. The van der Waals surface area contributed by atoms with E-state index in [4.69, 9.17) is 9.15 Å². The third-order valence-corrected chi connectivity index (χ3v) is 6.22. The fraction of sp³-hybridized carbons (Fsp3) is 0.458. The maximum atomic E-state index is 13.3. The number of carbonyl (C=O) groups excluding carboxylic acids is 1. The normalized spacial score (nSPS) is 15.0. The summed E-state index contributed by atoms with van der Waals surface area (Å²) in [7, 11) is 1.48. The van der Waals surface area contributed by atoms with E-state index >= 15 is 0 Å². The van der Waals surface area contributed by atoms with Gasteiger partial charge < -0.3 is 19.0 Å². The number of pyridine rings is 1. The van der Waals surface area contributed by atoms with Gasteiger partial charge in [-0.05, 0) is 32.9 Å². The maximum Gasteiger partial charge on any atom is 0.257 e. The Labute approximate surface area is 192 Å². The molecule has 33 heavy (non-hydrogen) atoms. The van der Waals surface area contributed by atoms with Crippen LogP contribution >= 0.6 is 0 Å². The number of rotatable bonds is 7. The lowest BCUT2D eigenvalue weighted by Gasteiger charge is -2.19. The Hall–Kier alpha value is -3.33. The van der Waals surface area contributed by atoms with E-state index in [1.165, 1.54) is 18.7 Å². The molecule has 1 aliphatic rings. The molecule has 0 unspecified atom stereocenters. The lowest BCUT2D eigenvalue weighted by atomic mass is 10.1. The molecule has 1 N–H and O–H groups in total. The monoisotopic (exact) mass is 453 g/mol. The highest BCUT2D eigenvalue weighted by atomic mass is 16.5. The zero-order valence-corrected chi connectivity index (χ0v) is 19.6. The molecule has 176 valence electrons. The van der Waals surface area contributed by atoms with Crippen molar-refractivity contribution >= 4 is 5.91 Å². The van der Waals surface area contributed by atoms with Gasteiger partial charge in [0.25, 0.3) is 11.5 Å². The van der Waals surface area contributed by atoms with Gasteiger partial charge in [-0.2, -0.15) is 5.10 Å². The van der Waals surface area contributed by atoms with E-state index in [9.17, 15) is 9.59 Å². The standard InChI is InChI=1S/C24H31N5O4/c1-5-28-15-18(16(2)26-28)14-27-9-8-19-23(21(32-4)13-22(30)29(19)11-10-27)24(31)25-17(3)20-7-6-12-33-20/h6-7,12-13,15,17H,5,8-11,14H2,1-4H3,(H,25,31)/t17-/m1/s1. The third-order valence-electron chi connectivity index (χ3n) is 6.22. The van der Waals surface area contributed by atoms with Crippen LogP contribution in [0.15, 0.2) is 39.9 Å². The molecule has 3 aromatic rings. The fourth-order valence-electron chi connectivity index (χ4n) is 4.35. The van der Waals surface area contributed by atoms with Crippen molar-refractivity contribution in [2.24, 2.45) is 0 Å². The Morgan fingerprint density at radius 1 is 1.33 bits per heavy atom. The van der Waals surface area contributed by atoms with Crippen LogP contribution in [0.25, 0.3) is 0 Å². The molecule has 1 amide bonds. The van der Waals surface area contributed by atoms with Crippen LogP contribution < -0.4 is 15.6 Å². The van der Waals surface area contributed by atoms with Crippen molar-refractivity contribution in [3.63, 3.8) is 0 Å². The van der Waals surface area contributed by atoms with Crippen molar-refractivity contribution in [1.82, 2.24) is 24.6 Å². The Bertz CT molecular complexity index is 1180. The molecule has 0 spiro atoms. The summed E-state index contributed by atoms with van der Waals surface area (Å²) in [6.45, 7) is 9.46. The third kappa shape index (κ3) is 4.73. The van der Waals surface area contributed by atoms with Gasteiger partial charge in [0.1, 0.15) is 17.1 Å². The van der Waals surface area contributed by atoms with E-state index in [1.54, 1.807) is 16.9 Å². The molecule has 1 aliphatic heterocycles. The highest BCUT2D eigenvalue weighted by Crippen LogP contribution is 2.25. The van der Waals surface area contributed by atoms with Crippen LogP contribution in [0.2, 0.25) is 0 Å². The zero-order chi connectivity index (χ0) is 23.5. The first-order valence-electron chi connectivity index (χ1n) is 11.3. The Kier molecular flexibility index (Phi) is 6.69. The lowest BCUT2D eigenvalue weighted by molar-refractivity contribution is 0.0930. The number of nitrogens with one attached hydrogen (secondary N) is 1. The van der Waals surface area contributed by atoms with Gasteiger partial charge in [-0.15, -0.1) is 0 Å². The quantitative estimate of drug-likeness (QED) is 0.591. The largest absolute Gasteiger partial charge is 0.496 e. The lowest BCUT2D eigenvalue weighted by Crippen LogP contribution is -2.32. The Balaban J connectivity index is 1.59. The topological polar surface area (TPSA) is 94.5 Å². The molecule has 1 atom stereocenters. The van der Waals surface area contributed by atoms with Crippen molar-refractivity contribution < 1.29 is 13.9 Å². The molecule has 4 heterocycles. The van der Waals surface area contributed by atoms with Crippen molar-refractivity contribution in [3.05, 3.63) is 69.3 Å². The van der Waals surface area contributed by atoms with Crippen molar-refractivity contribution in [2.45, 2.75) is 52.9 Å². The van der Waals surface area contributed by atoms with Crippen LogP contribution in [-0.2, 0) is 26.1 Å². The first-order valence-corrected chi connectivity index (χ1v) is 11.3. The number of ether oxygens (including phenoxy) is 1. The van der Waals surface area contributed by atoms with E-state index < -0.39 is 0 Å². The van der Waals surface area contributed by atoms with E-state index in [1.807, 2.05) is 24.6 Å². The number of hydrogen-bond donors (Lipinski definition) is 1. The van der Waals surface area contributed by atoms with Gasteiger partial charge in [0, 0.05) is 62.7 Å². The van der Waals surface area contributed by atoms with Gasteiger partial charge in [0.15, 0.2) is 0 Å². The second-order valence-corrected chi connectivity index (χ2v) is 8.36. The van der Waals surface area contributed by atoms with Gasteiger partial charge in [0.2, 0.25) is 0 Å². The number of nitrogens with zero attached hydrogens (tertiary/aromatic N) is 4. The molecule has 4 rings (SSSR count). The van der Waals surface area contributed by atoms with E-state index in [-0.39, 0.29) is 17.5 Å². The number of furan rings is 1. The molecule has 0 aromatic carbocycles. The zero-order valence-electron chi connectivity index (χ0n) is 19.6. The maximum absolute atomic E-state index is 13.3. The summed E-state index contributed by atoms with van der Waals surface area (Å²) in [5.74, 6) is 0.674. The van der Waals surface area contributed by atoms with E-state index in [2.05, 4.69) is 28.4 Å². The number of aromatic nitrogens is 3. The number of aryl methyl sites for hydroxylation is 2. The Morgan fingerprint density at radius 3 is 2.82 bits per heavy atom. The van der Waals surface area contributed by atoms with Crippen molar-refractivity contribution in [1.29, 1.82) is 0 Å². The first-order chi connectivity index (χ1) is 15.9. The van der Waals surface area contributed by atoms with E-state index in [0.29, 0.717) is 42.3 Å². The highest BCUT2D eigenvalue weighted by Gasteiger charge is 2.27. The fourth-order valence-corrected chi connectivity index (χ4v) is 4.35. The summed E-state index contributed by atoms with van der Waals surface area (Å²) >= 11 is 0. The predicted octanol–water partition coefficient (Wildman–Crippen LogP) is 2.52. The number of methoxy groups -OCH3 is 1. The molecule has 0 saturated heterocycles. The van der Waals surface area contributed by atoms with Crippen LogP contribution in [0.1, 0.15) is 53.0 Å². The molecule has 9 heteroatoms. The Morgan fingerprint density at radius 2 is 2.15 bits per heavy atom. The summed E-state index contributed by atoms with van der Waals surface area (Å²) < 4.78 is 14.5. The number of hydrogen-bond acceptors (Lipinski definition) is 6. The smallest absolute Gasteiger partial charge is 0.257 e. The molecule has 0 radical (unpaired) electrons. The molecule has 9 nitrogen and oxygen atoms in total. The molecule has 0 bridgehead atoms. The molecular formula is C24H31N5O4. The summed E-state index contributed by atoms with van der Waals surface area (Å²) in [5.41, 5.74) is 3.15. The van der Waals surface area contributed by atoms with Gasteiger partial charge in [-0.25, -0.2) is 0 Å². The molecule has 0 aliphatic carbocycles. The van der Waals surface area contributed by atoms with Crippen molar-refractivity contribution in [3.8, 4) is 5.75 Å². The molecule has 0 saturated carbocycles. The second kappa shape index (κ2) is 9.66. The van der Waals surface area contributed by atoms with Gasteiger partial charge in [0.05, 0.1) is 25.1 Å². The first kappa shape index (κ1) is 22.8. The number of amides is 1. The minimum absolute atomic E-state index is 0.158. The molecule has 3 aromatic heterocycles. The summed E-state index contributed by atoms with van der Waals surface area (Å²) in [6.07, 6.45) is 4.22. The average molecular weight is 454 g/mol. The van der Waals surface area contributed by atoms with Gasteiger partial charge in [-0.1, -0.05) is 0 Å². The van der Waals surface area contributed by atoms with Gasteiger partial charge >= 0.3 is 0 Å². The summed E-state index contributed by atoms with van der Waals surface area (Å²) in [6, 6.07) is 4.69. The molecule has 0 fully saturated rings. The van der Waals surface area contributed by atoms with Crippen molar-refractivity contribution in [2.75, 3.05) is 20.2 Å². The van der Waals surface area contributed by atoms with Crippen LogP contribution in [0.5, 0.6) is 5.75 Å². The number of fused-ring (bicyclic) bond motifs is 1. The molecular weight excluding hydrogens is 422 g/mol. The van der Waals surface area contributed by atoms with Crippen LogP contribution in [0.3, 0.4) is 0 Å². The predicted molar refractivity (Wildman–Crippen MR) is 123 cm³/mol. The average Bonchev–Trinajstić information content (AvgIpc) is 3.40.